The van der Waals surface area contributed by atoms with Crippen molar-refractivity contribution < 1.29 is 4.79 Å². The molecule has 8 heteroatoms. The van der Waals surface area contributed by atoms with E-state index in [2.05, 4.69) is 20.3 Å². The van der Waals surface area contributed by atoms with Gasteiger partial charge in [-0.15, -0.1) is 0 Å². The van der Waals surface area contributed by atoms with Gasteiger partial charge in [0.05, 0.1) is 29.0 Å². The second-order valence-electron chi connectivity index (χ2n) is 6.88. The molecule has 1 aromatic carbocycles. The molecule has 4 rings (SSSR count). The summed E-state index contributed by atoms with van der Waals surface area (Å²) < 4.78 is 3.39. The molecule has 0 fully saturated rings. The van der Waals surface area contributed by atoms with Crippen molar-refractivity contribution >= 4 is 22.6 Å². The van der Waals surface area contributed by atoms with Crippen LogP contribution in [0.15, 0.2) is 60.0 Å². The van der Waals surface area contributed by atoms with E-state index < -0.39 is 0 Å². The second kappa shape index (κ2) is 8.22. The van der Waals surface area contributed by atoms with E-state index in [9.17, 15) is 9.59 Å². The fourth-order valence-electron chi connectivity index (χ4n) is 3.34. The third-order valence-corrected chi connectivity index (χ3v) is 4.89. The molecule has 0 unspecified atom stereocenters. The first-order valence-corrected chi connectivity index (χ1v) is 9.69. The summed E-state index contributed by atoms with van der Waals surface area (Å²) in [6, 6.07) is 8.92. The normalized spacial score (nSPS) is 12.3. The molecular weight excluding hydrogens is 368 g/mol. The van der Waals surface area contributed by atoms with Gasteiger partial charge in [0.2, 0.25) is 11.7 Å². The van der Waals surface area contributed by atoms with E-state index in [0.717, 1.165) is 12.1 Å². The van der Waals surface area contributed by atoms with Gasteiger partial charge in [0.1, 0.15) is 0 Å². The summed E-state index contributed by atoms with van der Waals surface area (Å²) in [5.74, 6) is 0.544. The Morgan fingerprint density at radius 2 is 2.07 bits per heavy atom. The lowest BCUT2D eigenvalue weighted by Gasteiger charge is -2.14. The predicted octanol–water partition coefficient (Wildman–Crippen LogP) is 2.49. The number of para-hydroxylation sites is 1. The average molecular weight is 390 g/mol. The van der Waals surface area contributed by atoms with Crippen molar-refractivity contribution in [2.45, 2.75) is 38.8 Å². The highest BCUT2D eigenvalue weighted by Crippen LogP contribution is 2.16. The third kappa shape index (κ3) is 4.01. The molecule has 0 radical (unpaired) electrons. The molecule has 3 aromatic heterocycles. The summed E-state index contributed by atoms with van der Waals surface area (Å²) in [4.78, 5) is 37.9. The Morgan fingerprint density at radius 1 is 1.21 bits per heavy atom. The number of carbonyl (C=O) groups excluding carboxylic acids is 1. The number of nitrogens with zero attached hydrogens (tertiary/aromatic N) is 5. The third-order valence-electron chi connectivity index (χ3n) is 4.89. The van der Waals surface area contributed by atoms with Crippen molar-refractivity contribution in [3.8, 4) is 0 Å². The van der Waals surface area contributed by atoms with Gasteiger partial charge in [-0.05, 0) is 31.0 Å². The summed E-state index contributed by atoms with van der Waals surface area (Å²) in [5.41, 5.74) is 1.38. The molecule has 0 aliphatic carbocycles. The van der Waals surface area contributed by atoms with Gasteiger partial charge in [-0.1, -0.05) is 19.1 Å². The Labute approximate surface area is 167 Å². The van der Waals surface area contributed by atoms with Crippen molar-refractivity contribution in [1.29, 1.82) is 0 Å². The van der Waals surface area contributed by atoms with Crippen molar-refractivity contribution in [3.05, 3.63) is 71.3 Å². The van der Waals surface area contributed by atoms with Gasteiger partial charge >= 0.3 is 0 Å². The number of aromatic nitrogens is 5. The SMILES string of the molecule is CC[C@H](NC(=O)CCCn1cnc2ccccc2c1=O)c1cn2cccnc2n1. The summed E-state index contributed by atoms with van der Waals surface area (Å²) in [7, 11) is 0. The fraction of sp³-hybridized carbons (Fsp3) is 0.286. The molecule has 0 spiro atoms. The summed E-state index contributed by atoms with van der Waals surface area (Å²) >= 11 is 0. The number of carbonyl (C=O) groups is 1. The minimum atomic E-state index is -0.172. The highest BCUT2D eigenvalue weighted by molar-refractivity contribution is 5.77. The molecule has 3 heterocycles. The molecule has 1 atom stereocenters. The maximum absolute atomic E-state index is 12.5. The number of aryl methyl sites for hydroxylation is 1. The maximum Gasteiger partial charge on any atom is 0.261 e. The highest BCUT2D eigenvalue weighted by atomic mass is 16.1. The molecule has 0 saturated heterocycles. The van der Waals surface area contributed by atoms with Crippen LogP contribution >= 0.6 is 0 Å². The first kappa shape index (κ1) is 18.8. The van der Waals surface area contributed by atoms with E-state index >= 15 is 0 Å². The molecule has 4 aromatic rings. The molecule has 0 saturated carbocycles. The first-order chi connectivity index (χ1) is 14.2. The number of benzene rings is 1. The Kier molecular flexibility index (Phi) is 5.33. The molecule has 29 heavy (non-hydrogen) atoms. The van der Waals surface area contributed by atoms with Crippen LogP contribution in [0.5, 0.6) is 0 Å². The van der Waals surface area contributed by atoms with E-state index in [4.69, 9.17) is 0 Å². The van der Waals surface area contributed by atoms with Crippen molar-refractivity contribution in [3.63, 3.8) is 0 Å². The molecule has 8 nitrogen and oxygen atoms in total. The number of imidazole rings is 1. The zero-order chi connectivity index (χ0) is 20.2. The number of hydrogen-bond donors (Lipinski definition) is 1. The van der Waals surface area contributed by atoms with E-state index in [-0.39, 0.29) is 17.5 Å². The zero-order valence-electron chi connectivity index (χ0n) is 16.2. The average Bonchev–Trinajstić information content (AvgIpc) is 3.18. The van der Waals surface area contributed by atoms with Gasteiger partial charge in [-0.3, -0.25) is 18.6 Å². The lowest BCUT2D eigenvalue weighted by Crippen LogP contribution is -2.29. The van der Waals surface area contributed by atoms with Crippen molar-refractivity contribution in [1.82, 2.24) is 29.2 Å². The van der Waals surface area contributed by atoms with Crippen LogP contribution in [0.4, 0.5) is 0 Å². The van der Waals surface area contributed by atoms with Crippen LogP contribution in [0.1, 0.15) is 37.9 Å². The van der Waals surface area contributed by atoms with E-state index in [0.29, 0.717) is 36.1 Å². The van der Waals surface area contributed by atoms with Gasteiger partial charge in [0, 0.05) is 31.6 Å². The molecule has 0 bridgehead atoms. The monoisotopic (exact) mass is 390 g/mol. The number of nitrogens with one attached hydrogen (secondary N) is 1. The van der Waals surface area contributed by atoms with Crippen LogP contribution in [0, 0.1) is 0 Å². The molecular formula is C21H22N6O2. The van der Waals surface area contributed by atoms with Crippen LogP contribution in [0.2, 0.25) is 0 Å². The van der Waals surface area contributed by atoms with Crippen molar-refractivity contribution in [2.24, 2.45) is 0 Å². The van der Waals surface area contributed by atoms with Crippen LogP contribution in [-0.4, -0.2) is 29.8 Å². The predicted molar refractivity (Wildman–Crippen MR) is 109 cm³/mol. The highest BCUT2D eigenvalue weighted by Gasteiger charge is 2.16. The Balaban J connectivity index is 1.37. The van der Waals surface area contributed by atoms with Gasteiger partial charge in [-0.2, -0.15) is 0 Å². The zero-order valence-corrected chi connectivity index (χ0v) is 16.2. The lowest BCUT2D eigenvalue weighted by atomic mass is 10.1. The minimum Gasteiger partial charge on any atom is -0.348 e. The standard InChI is InChI=1S/C21H22N6O2/c1-2-16(18-13-26-12-6-10-22-21(26)25-18)24-19(28)9-5-11-27-14-23-17-8-4-3-7-15(17)20(27)29/h3-4,6-8,10,12-14,16H,2,5,9,11H2,1H3,(H,24,28)/t16-/m0/s1. The summed E-state index contributed by atoms with van der Waals surface area (Å²) in [6.07, 6.45) is 8.59. The van der Waals surface area contributed by atoms with E-state index in [1.807, 2.05) is 48.0 Å². The Morgan fingerprint density at radius 3 is 2.90 bits per heavy atom. The molecule has 1 N–H and O–H groups in total. The quantitative estimate of drug-likeness (QED) is 0.523. The van der Waals surface area contributed by atoms with E-state index in [1.165, 1.54) is 0 Å². The van der Waals surface area contributed by atoms with Gasteiger partial charge in [-0.25, -0.2) is 15.0 Å². The number of rotatable bonds is 7. The fourth-order valence-corrected chi connectivity index (χ4v) is 3.34. The van der Waals surface area contributed by atoms with Gasteiger partial charge in [0.25, 0.3) is 5.56 Å². The first-order valence-electron chi connectivity index (χ1n) is 9.69. The second-order valence-corrected chi connectivity index (χ2v) is 6.88. The molecule has 148 valence electrons. The topological polar surface area (TPSA) is 94.2 Å². The van der Waals surface area contributed by atoms with E-state index in [1.54, 1.807) is 23.2 Å². The smallest absolute Gasteiger partial charge is 0.261 e. The van der Waals surface area contributed by atoms with Crippen molar-refractivity contribution in [2.75, 3.05) is 0 Å². The van der Waals surface area contributed by atoms with Crippen LogP contribution in [0.3, 0.4) is 0 Å². The van der Waals surface area contributed by atoms with Crippen LogP contribution in [-0.2, 0) is 11.3 Å². The summed E-state index contributed by atoms with van der Waals surface area (Å²) in [5, 5.41) is 3.62. The van der Waals surface area contributed by atoms with Crippen LogP contribution in [0.25, 0.3) is 16.7 Å². The Bertz CT molecular complexity index is 1180. The van der Waals surface area contributed by atoms with Gasteiger partial charge in [0.15, 0.2) is 0 Å². The molecule has 0 aliphatic heterocycles. The number of fused-ring (bicyclic) bond motifs is 2. The maximum atomic E-state index is 12.5. The van der Waals surface area contributed by atoms with Crippen LogP contribution < -0.4 is 10.9 Å². The van der Waals surface area contributed by atoms with Gasteiger partial charge < -0.3 is 5.32 Å². The lowest BCUT2D eigenvalue weighted by molar-refractivity contribution is -0.122. The minimum absolute atomic E-state index is 0.0661. The summed E-state index contributed by atoms with van der Waals surface area (Å²) in [6.45, 7) is 2.45. The number of hydrogen-bond acceptors (Lipinski definition) is 5. The molecule has 0 aliphatic rings. The Hall–Kier alpha value is -3.55. The molecule has 1 amide bonds. The largest absolute Gasteiger partial charge is 0.348 e. The number of amides is 1.